The van der Waals surface area contributed by atoms with E-state index in [-0.39, 0.29) is 0 Å². The van der Waals surface area contributed by atoms with E-state index in [1.165, 1.54) is 0 Å². The monoisotopic (exact) mass is 236 g/mol. The van der Waals surface area contributed by atoms with Crippen molar-refractivity contribution in [3.8, 4) is 0 Å². The van der Waals surface area contributed by atoms with Gasteiger partial charge in [-0.2, -0.15) is 8.42 Å². The number of carbonyl (C=O) groups is 1. The van der Waals surface area contributed by atoms with Crippen LogP contribution in [0.4, 0.5) is 8.28 Å². The fourth-order valence-corrected chi connectivity index (χ4v) is 1.76. The van der Waals surface area contributed by atoms with Crippen LogP contribution in [0.25, 0.3) is 0 Å². The van der Waals surface area contributed by atoms with Gasteiger partial charge in [-0.3, -0.25) is 0 Å². The van der Waals surface area contributed by atoms with Gasteiger partial charge in [-0.25, -0.2) is 9.18 Å². The first-order valence-corrected chi connectivity index (χ1v) is 5.10. The van der Waals surface area contributed by atoms with Crippen LogP contribution in [0.2, 0.25) is 0 Å². The Bertz CT molecular complexity index is 522. The topological polar surface area (TPSA) is 71.4 Å². The number of rotatable bonds is 2. The third kappa shape index (κ3) is 2.30. The second-order valence-corrected chi connectivity index (χ2v) is 4.14. The van der Waals surface area contributed by atoms with Crippen molar-refractivity contribution < 1.29 is 26.6 Å². The Balaban J connectivity index is 3.59. The lowest BCUT2D eigenvalue weighted by Gasteiger charge is -2.04. The third-order valence-electron chi connectivity index (χ3n) is 1.81. The van der Waals surface area contributed by atoms with E-state index >= 15 is 0 Å². The lowest BCUT2D eigenvalue weighted by molar-refractivity contribution is 0.0696. The molecule has 0 aliphatic heterocycles. The number of carboxylic acid groups (broad SMARTS) is 1. The average Bonchev–Trinajstić information content (AvgIpc) is 2.06. The summed E-state index contributed by atoms with van der Waals surface area (Å²) in [6, 6.07) is 1.21. The highest BCUT2D eigenvalue weighted by atomic mass is 32.3. The maximum absolute atomic E-state index is 13.0. The van der Waals surface area contributed by atoms with Gasteiger partial charge < -0.3 is 5.11 Å². The first kappa shape index (κ1) is 11.6. The van der Waals surface area contributed by atoms with Crippen molar-refractivity contribution in [3.63, 3.8) is 0 Å². The van der Waals surface area contributed by atoms with Gasteiger partial charge in [-0.15, -0.1) is 3.89 Å². The van der Waals surface area contributed by atoms with Crippen LogP contribution in [0, 0.1) is 12.7 Å². The molecule has 0 amide bonds. The molecule has 0 aliphatic rings. The minimum absolute atomic E-state index is 0.442. The zero-order valence-corrected chi connectivity index (χ0v) is 8.31. The summed E-state index contributed by atoms with van der Waals surface area (Å²) in [6.07, 6.45) is 0. The minimum atomic E-state index is -5.12. The summed E-state index contributed by atoms with van der Waals surface area (Å²) in [5.74, 6) is -2.61. The lowest BCUT2D eigenvalue weighted by atomic mass is 10.1. The second kappa shape index (κ2) is 3.58. The third-order valence-corrected chi connectivity index (χ3v) is 2.76. The van der Waals surface area contributed by atoms with Gasteiger partial charge in [-0.05, 0) is 19.1 Å². The Hall–Kier alpha value is -1.50. The van der Waals surface area contributed by atoms with E-state index in [0.29, 0.717) is 12.1 Å². The first-order chi connectivity index (χ1) is 6.73. The van der Waals surface area contributed by atoms with E-state index in [9.17, 15) is 21.5 Å². The Morgan fingerprint density at radius 1 is 1.40 bits per heavy atom. The standard InChI is InChI=1S/C8H6F2O4S/c1-4-6(9)2-5(8(11)12)3-7(4)15(10,13)14/h2-3H,1H3,(H,11,12). The Morgan fingerprint density at radius 2 is 1.93 bits per heavy atom. The summed E-state index contributed by atoms with van der Waals surface area (Å²) in [6.45, 7) is 1.05. The van der Waals surface area contributed by atoms with Gasteiger partial charge in [0.2, 0.25) is 0 Å². The van der Waals surface area contributed by atoms with Gasteiger partial charge in [0, 0.05) is 5.56 Å². The van der Waals surface area contributed by atoms with Crippen molar-refractivity contribution in [1.29, 1.82) is 0 Å². The number of aromatic carboxylic acids is 1. The quantitative estimate of drug-likeness (QED) is 0.789. The molecular formula is C8H6F2O4S. The fraction of sp³-hybridized carbons (Fsp3) is 0.125. The molecule has 1 aromatic rings. The normalized spacial score (nSPS) is 11.4. The number of benzene rings is 1. The summed E-state index contributed by atoms with van der Waals surface area (Å²) in [5.41, 5.74) is -1.06. The number of carboxylic acids is 1. The largest absolute Gasteiger partial charge is 0.478 e. The molecule has 7 heteroatoms. The molecule has 0 heterocycles. The maximum atomic E-state index is 13.0. The second-order valence-electron chi connectivity index (χ2n) is 2.82. The molecule has 0 radical (unpaired) electrons. The van der Waals surface area contributed by atoms with E-state index in [1.54, 1.807) is 0 Å². The van der Waals surface area contributed by atoms with Crippen LogP contribution in [0.3, 0.4) is 0 Å². The van der Waals surface area contributed by atoms with Gasteiger partial charge in [0.15, 0.2) is 0 Å². The summed E-state index contributed by atoms with van der Waals surface area (Å²) in [5, 5.41) is 8.51. The van der Waals surface area contributed by atoms with Gasteiger partial charge in [0.25, 0.3) is 0 Å². The predicted octanol–water partition coefficient (Wildman–Crippen LogP) is 1.49. The summed E-state index contributed by atoms with van der Waals surface area (Å²) >= 11 is 0. The average molecular weight is 236 g/mol. The van der Waals surface area contributed by atoms with Crippen LogP contribution in [0.15, 0.2) is 17.0 Å². The van der Waals surface area contributed by atoms with E-state index in [2.05, 4.69) is 0 Å². The summed E-state index contributed by atoms with van der Waals surface area (Å²) in [7, 11) is -5.12. The highest BCUT2D eigenvalue weighted by Gasteiger charge is 2.21. The van der Waals surface area contributed by atoms with Crippen LogP contribution in [0.5, 0.6) is 0 Å². The smallest absolute Gasteiger partial charge is 0.335 e. The van der Waals surface area contributed by atoms with Crippen molar-refractivity contribution in [3.05, 3.63) is 29.1 Å². The van der Waals surface area contributed by atoms with E-state index < -0.39 is 38.0 Å². The first-order valence-electron chi connectivity index (χ1n) is 3.71. The minimum Gasteiger partial charge on any atom is -0.478 e. The molecule has 0 aliphatic carbocycles. The Kier molecular flexibility index (Phi) is 2.76. The highest BCUT2D eigenvalue weighted by Crippen LogP contribution is 2.22. The Labute approximate surface area is 84.4 Å². The zero-order chi connectivity index (χ0) is 11.8. The fourth-order valence-electron chi connectivity index (χ4n) is 1.03. The van der Waals surface area contributed by atoms with Gasteiger partial charge in [0.1, 0.15) is 10.7 Å². The molecule has 0 aromatic heterocycles. The maximum Gasteiger partial charge on any atom is 0.335 e. The van der Waals surface area contributed by atoms with Crippen LogP contribution in [-0.4, -0.2) is 19.5 Å². The highest BCUT2D eigenvalue weighted by molar-refractivity contribution is 7.86. The van der Waals surface area contributed by atoms with E-state index in [1.807, 2.05) is 0 Å². The molecular weight excluding hydrogens is 230 g/mol. The molecule has 0 spiro atoms. The summed E-state index contributed by atoms with van der Waals surface area (Å²) < 4.78 is 46.8. The summed E-state index contributed by atoms with van der Waals surface area (Å²) in [4.78, 5) is 9.50. The van der Waals surface area contributed by atoms with Crippen molar-refractivity contribution in [2.75, 3.05) is 0 Å². The molecule has 0 bridgehead atoms. The van der Waals surface area contributed by atoms with E-state index in [4.69, 9.17) is 5.11 Å². The molecule has 0 saturated heterocycles. The molecule has 82 valence electrons. The lowest BCUT2D eigenvalue weighted by Crippen LogP contribution is -2.04. The Morgan fingerprint density at radius 3 is 2.33 bits per heavy atom. The molecule has 0 fully saturated rings. The molecule has 0 unspecified atom stereocenters. The number of halogens is 2. The molecule has 1 N–H and O–H groups in total. The van der Waals surface area contributed by atoms with Crippen LogP contribution in [-0.2, 0) is 10.2 Å². The van der Waals surface area contributed by atoms with Gasteiger partial charge in [0.05, 0.1) is 5.56 Å². The SMILES string of the molecule is Cc1c(F)cc(C(=O)O)cc1S(=O)(=O)F. The van der Waals surface area contributed by atoms with Crippen molar-refractivity contribution in [1.82, 2.24) is 0 Å². The number of hydrogen-bond donors (Lipinski definition) is 1. The molecule has 1 aromatic carbocycles. The van der Waals surface area contributed by atoms with Crippen molar-refractivity contribution >= 4 is 16.2 Å². The van der Waals surface area contributed by atoms with Crippen LogP contribution >= 0.6 is 0 Å². The van der Waals surface area contributed by atoms with Crippen molar-refractivity contribution in [2.45, 2.75) is 11.8 Å². The molecule has 1 rings (SSSR count). The number of hydrogen-bond acceptors (Lipinski definition) is 3. The van der Waals surface area contributed by atoms with Gasteiger partial charge in [-0.1, -0.05) is 0 Å². The van der Waals surface area contributed by atoms with Crippen LogP contribution in [0.1, 0.15) is 15.9 Å². The van der Waals surface area contributed by atoms with Crippen LogP contribution < -0.4 is 0 Å². The van der Waals surface area contributed by atoms with Crippen molar-refractivity contribution in [2.24, 2.45) is 0 Å². The molecule has 0 saturated carbocycles. The molecule has 0 atom stereocenters. The molecule has 15 heavy (non-hydrogen) atoms. The molecule has 4 nitrogen and oxygen atoms in total. The van der Waals surface area contributed by atoms with E-state index in [0.717, 1.165) is 6.92 Å². The van der Waals surface area contributed by atoms with Gasteiger partial charge >= 0.3 is 16.2 Å². The predicted molar refractivity (Wildman–Crippen MR) is 46.4 cm³/mol. The zero-order valence-electron chi connectivity index (χ0n) is 7.49.